The summed E-state index contributed by atoms with van der Waals surface area (Å²) in [5, 5.41) is 0. The Balaban J connectivity index is 1.54. The zero-order valence-corrected chi connectivity index (χ0v) is 16.5. The van der Waals surface area contributed by atoms with Crippen molar-refractivity contribution in [1.29, 1.82) is 0 Å². The van der Waals surface area contributed by atoms with Crippen molar-refractivity contribution < 1.29 is 9.53 Å². The number of piperazine rings is 1. The lowest BCUT2D eigenvalue weighted by Gasteiger charge is -2.36. The van der Waals surface area contributed by atoms with Crippen molar-refractivity contribution in [3.05, 3.63) is 53.6 Å². The molecule has 1 aliphatic rings. The highest BCUT2D eigenvalue weighted by Gasteiger charge is 2.22. The summed E-state index contributed by atoms with van der Waals surface area (Å²) in [6.45, 7) is 7.36. The number of hydrogen-bond donors (Lipinski definition) is 0. The summed E-state index contributed by atoms with van der Waals surface area (Å²) in [6, 6.07) is 14.4. The van der Waals surface area contributed by atoms with E-state index in [1.54, 1.807) is 18.9 Å². The number of rotatable bonds is 5. The van der Waals surface area contributed by atoms with Crippen LogP contribution in [-0.2, 0) is 4.79 Å². The van der Waals surface area contributed by atoms with Crippen molar-refractivity contribution in [2.75, 3.05) is 43.9 Å². The summed E-state index contributed by atoms with van der Waals surface area (Å²) < 4.78 is 5.46. The van der Waals surface area contributed by atoms with E-state index in [1.165, 1.54) is 16.0 Å². The molecule has 138 valence electrons. The zero-order chi connectivity index (χ0) is 18.5. The van der Waals surface area contributed by atoms with Crippen LogP contribution in [0.15, 0.2) is 47.4 Å². The minimum absolute atomic E-state index is 0.218. The number of benzene rings is 2. The van der Waals surface area contributed by atoms with Crippen LogP contribution in [0, 0.1) is 13.8 Å². The van der Waals surface area contributed by atoms with Gasteiger partial charge in [-0.2, -0.15) is 0 Å². The van der Waals surface area contributed by atoms with Gasteiger partial charge >= 0.3 is 0 Å². The Morgan fingerprint density at radius 3 is 2.54 bits per heavy atom. The third-order valence-electron chi connectivity index (χ3n) is 4.75. The predicted octanol–water partition coefficient (Wildman–Crippen LogP) is 3.75. The van der Waals surface area contributed by atoms with Gasteiger partial charge in [-0.15, -0.1) is 11.8 Å². The van der Waals surface area contributed by atoms with Crippen molar-refractivity contribution in [1.82, 2.24) is 4.90 Å². The molecular weight excluding hydrogens is 344 g/mol. The normalized spacial score (nSPS) is 14.4. The largest absolute Gasteiger partial charge is 0.495 e. The fourth-order valence-electron chi connectivity index (χ4n) is 3.18. The van der Waals surface area contributed by atoms with Crippen LogP contribution in [0.3, 0.4) is 0 Å². The van der Waals surface area contributed by atoms with Crippen LogP contribution in [-0.4, -0.2) is 49.8 Å². The van der Waals surface area contributed by atoms with Gasteiger partial charge in [-0.05, 0) is 37.6 Å². The number of thioether (sulfide) groups is 1. The van der Waals surface area contributed by atoms with Gasteiger partial charge in [0.1, 0.15) is 5.75 Å². The number of ether oxygens (including phenoxy) is 1. The number of anilines is 1. The number of aryl methyl sites for hydroxylation is 2. The highest BCUT2D eigenvalue weighted by Crippen LogP contribution is 2.29. The van der Waals surface area contributed by atoms with Gasteiger partial charge in [0.05, 0.1) is 18.6 Å². The molecule has 1 saturated heterocycles. The number of para-hydroxylation sites is 2. The molecule has 2 aromatic rings. The van der Waals surface area contributed by atoms with Crippen LogP contribution in [0.2, 0.25) is 0 Å². The number of methoxy groups -OCH3 is 1. The maximum atomic E-state index is 12.6. The van der Waals surface area contributed by atoms with Crippen LogP contribution >= 0.6 is 11.8 Å². The molecule has 0 aromatic heterocycles. The topological polar surface area (TPSA) is 32.8 Å². The van der Waals surface area contributed by atoms with Gasteiger partial charge in [0, 0.05) is 31.1 Å². The fourth-order valence-corrected chi connectivity index (χ4v) is 4.21. The lowest BCUT2D eigenvalue weighted by Crippen LogP contribution is -2.49. The second-order valence-electron chi connectivity index (χ2n) is 6.60. The third kappa shape index (κ3) is 4.33. The maximum Gasteiger partial charge on any atom is 0.233 e. The van der Waals surface area contributed by atoms with Gasteiger partial charge in [0.25, 0.3) is 0 Å². The Kier molecular flexibility index (Phi) is 6.09. The van der Waals surface area contributed by atoms with Gasteiger partial charge in [0.15, 0.2) is 0 Å². The minimum atomic E-state index is 0.218. The van der Waals surface area contributed by atoms with Crippen LogP contribution < -0.4 is 9.64 Å². The summed E-state index contributed by atoms with van der Waals surface area (Å²) >= 11 is 1.64. The van der Waals surface area contributed by atoms with E-state index in [2.05, 4.69) is 43.0 Å². The molecule has 1 heterocycles. The molecule has 0 bridgehead atoms. The van der Waals surface area contributed by atoms with E-state index < -0.39 is 0 Å². The lowest BCUT2D eigenvalue weighted by atomic mass is 10.2. The Hall–Kier alpha value is -2.14. The quantitative estimate of drug-likeness (QED) is 0.751. The molecule has 0 radical (unpaired) electrons. The molecule has 1 fully saturated rings. The lowest BCUT2D eigenvalue weighted by molar-refractivity contribution is -0.128. The Bertz CT molecular complexity index is 770. The van der Waals surface area contributed by atoms with E-state index >= 15 is 0 Å². The zero-order valence-electron chi connectivity index (χ0n) is 15.7. The minimum Gasteiger partial charge on any atom is -0.495 e. The highest BCUT2D eigenvalue weighted by molar-refractivity contribution is 8.00. The molecule has 2 aromatic carbocycles. The predicted molar refractivity (Wildman–Crippen MR) is 108 cm³/mol. The Labute approximate surface area is 160 Å². The molecule has 4 nitrogen and oxygen atoms in total. The standard InChI is InChI=1S/C21H26N2O2S/c1-16-8-9-17(2)20(14-16)26-15-21(24)23-12-10-22(11-13-23)18-6-4-5-7-19(18)25-3/h4-9,14H,10-13,15H2,1-3H3. The molecule has 0 saturated carbocycles. The van der Waals surface area contributed by atoms with E-state index in [1.807, 2.05) is 23.1 Å². The molecule has 5 heteroatoms. The first-order chi connectivity index (χ1) is 12.6. The van der Waals surface area contributed by atoms with Crippen LogP contribution in [0.1, 0.15) is 11.1 Å². The molecular formula is C21H26N2O2S. The summed E-state index contributed by atoms with van der Waals surface area (Å²) in [7, 11) is 1.70. The smallest absolute Gasteiger partial charge is 0.233 e. The number of carbonyl (C=O) groups excluding carboxylic acids is 1. The summed E-state index contributed by atoms with van der Waals surface area (Å²) in [5.41, 5.74) is 3.57. The molecule has 0 atom stereocenters. The first kappa shape index (κ1) is 18.6. The highest BCUT2D eigenvalue weighted by atomic mass is 32.2. The van der Waals surface area contributed by atoms with Crippen molar-refractivity contribution in [2.24, 2.45) is 0 Å². The van der Waals surface area contributed by atoms with Gasteiger partial charge in [-0.1, -0.05) is 29.8 Å². The van der Waals surface area contributed by atoms with Gasteiger partial charge < -0.3 is 14.5 Å². The molecule has 0 unspecified atom stereocenters. The van der Waals surface area contributed by atoms with E-state index in [0.717, 1.165) is 37.6 Å². The average Bonchev–Trinajstić information content (AvgIpc) is 2.68. The van der Waals surface area contributed by atoms with Crippen LogP contribution in [0.25, 0.3) is 0 Å². The van der Waals surface area contributed by atoms with E-state index in [-0.39, 0.29) is 5.91 Å². The number of amides is 1. The second-order valence-corrected chi connectivity index (χ2v) is 7.61. The molecule has 3 rings (SSSR count). The third-order valence-corrected chi connectivity index (χ3v) is 5.90. The van der Waals surface area contributed by atoms with Gasteiger partial charge in [0.2, 0.25) is 5.91 Å². The average molecular weight is 371 g/mol. The summed E-state index contributed by atoms with van der Waals surface area (Å²) in [4.78, 5) is 18.1. The first-order valence-electron chi connectivity index (χ1n) is 8.94. The second kappa shape index (κ2) is 8.49. The SMILES string of the molecule is COc1ccccc1N1CCN(C(=O)CSc2cc(C)ccc2C)CC1. The number of nitrogens with zero attached hydrogens (tertiary/aromatic N) is 2. The first-order valence-corrected chi connectivity index (χ1v) is 9.93. The number of carbonyl (C=O) groups is 1. The van der Waals surface area contributed by atoms with Gasteiger partial charge in [-0.3, -0.25) is 4.79 Å². The summed E-state index contributed by atoms with van der Waals surface area (Å²) in [5.74, 6) is 1.60. The van der Waals surface area contributed by atoms with Crippen molar-refractivity contribution >= 4 is 23.4 Å². The van der Waals surface area contributed by atoms with Crippen molar-refractivity contribution in [2.45, 2.75) is 18.7 Å². The molecule has 26 heavy (non-hydrogen) atoms. The molecule has 1 aliphatic heterocycles. The monoisotopic (exact) mass is 370 g/mol. The van der Waals surface area contributed by atoms with E-state index in [4.69, 9.17) is 4.74 Å². The van der Waals surface area contributed by atoms with E-state index in [0.29, 0.717) is 5.75 Å². The molecule has 0 N–H and O–H groups in total. The van der Waals surface area contributed by atoms with Crippen LogP contribution in [0.5, 0.6) is 5.75 Å². The number of hydrogen-bond acceptors (Lipinski definition) is 4. The fraction of sp³-hybridized carbons (Fsp3) is 0.381. The van der Waals surface area contributed by atoms with E-state index in [9.17, 15) is 4.79 Å². The summed E-state index contributed by atoms with van der Waals surface area (Å²) in [6.07, 6.45) is 0. The Morgan fingerprint density at radius 1 is 1.08 bits per heavy atom. The maximum absolute atomic E-state index is 12.6. The molecule has 0 aliphatic carbocycles. The van der Waals surface area contributed by atoms with Crippen LogP contribution in [0.4, 0.5) is 5.69 Å². The van der Waals surface area contributed by atoms with Crippen molar-refractivity contribution in [3.8, 4) is 5.75 Å². The molecule has 0 spiro atoms. The van der Waals surface area contributed by atoms with Crippen molar-refractivity contribution in [3.63, 3.8) is 0 Å². The Morgan fingerprint density at radius 2 is 1.81 bits per heavy atom. The van der Waals surface area contributed by atoms with Gasteiger partial charge in [-0.25, -0.2) is 0 Å². The molecule has 1 amide bonds.